The molecule has 0 saturated carbocycles. The third kappa shape index (κ3) is 3.40. The number of carboxylic acid groups (broad SMARTS) is 1. The monoisotopic (exact) mass is 331 g/mol. The third-order valence-electron chi connectivity index (χ3n) is 2.68. The van der Waals surface area contributed by atoms with E-state index >= 15 is 0 Å². The van der Waals surface area contributed by atoms with Crippen molar-refractivity contribution in [3.8, 4) is 5.75 Å². The molecule has 0 aromatic heterocycles. The highest BCUT2D eigenvalue weighted by Crippen LogP contribution is 2.32. The number of benzene rings is 1. The van der Waals surface area contributed by atoms with Crippen molar-refractivity contribution in [2.45, 2.75) is 18.6 Å². The molecule has 0 radical (unpaired) electrons. The lowest BCUT2D eigenvalue weighted by Crippen LogP contribution is -2.33. The molecule has 98 valence electrons. The van der Waals surface area contributed by atoms with E-state index in [1.807, 2.05) is 12.1 Å². The van der Waals surface area contributed by atoms with Crippen LogP contribution < -0.4 is 10.5 Å². The van der Waals surface area contributed by atoms with E-state index in [1.165, 1.54) is 17.3 Å². The van der Waals surface area contributed by atoms with Gasteiger partial charge in [-0.05, 0) is 23.8 Å². The molecule has 3 N–H and O–H groups in total. The summed E-state index contributed by atoms with van der Waals surface area (Å²) in [6.07, 6.45) is 0.977. The Morgan fingerprint density at radius 2 is 2.44 bits per heavy atom. The molecular weight excluding hydrogens is 318 g/mol. The Morgan fingerprint density at radius 1 is 1.67 bits per heavy atom. The molecule has 2 atom stereocenters. The standard InChI is InChI=1S/C12H14BrNO3S/c13-8-1-2-11-7(3-8)4-9(17-11)5-18-6-10(14)12(15)16/h1-3,9-10H,4-6,14H2,(H,15,16)/t9?,10-/m1/s1. The van der Waals surface area contributed by atoms with Crippen LogP contribution in [0.5, 0.6) is 5.75 Å². The van der Waals surface area contributed by atoms with Crippen molar-refractivity contribution in [2.75, 3.05) is 11.5 Å². The molecule has 18 heavy (non-hydrogen) atoms. The first-order valence-corrected chi connectivity index (χ1v) is 7.52. The number of carboxylic acids is 1. The van der Waals surface area contributed by atoms with E-state index in [4.69, 9.17) is 15.6 Å². The molecule has 1 aliphatic heterocycles. The topological polar surface area (TPSA) is 72.5 Å². The maximum Gasteiger partial charge on any atom is 0.321 e. The molecule has 0 saturated heterocycles. The average molecular weight is 332 g/mol. The fourth-order valence-electron chi connectivity index (χ4n) is 1.78. The number of hydrogen-bond acceptors (Lipinski definition) is 4. The molecule has 0 bridgehead atoms. The second-order valence-electron chi connectivity index (χ2n) is 4.18. The number of hydrogen-bond donors (Lipinski definition) is 2. The molecule has 6 heteroatoms. The third-order valence-corrected chi connectivity index (χ3v) is 4.38. The smallest absolute Gasteiger partial charge is 0.321 e. The number of carbonyl (C=O) groups is 1. The molecule has 1 aromatic rings. The highest BCUT2D eigenvalue weighted by atomic mass is 79.9. The van der Waals surface area contributed by atoms with E-state index in [0.717, 1.165) is 22.4 Å². The van der Waals surface area contributed by atoms with E-state index in [-0.39, 0.29) is 6.10 Å². The molecule has 0 fully saturated rings. The predicted molar refractivity (Wildman–Crippen MR) is 75.2 cm³/mol. The molecule has 1 aromatic carbocycles. The van der Waals surface area contributed by atoms with Crippen LogP contribution in [0.1, 0.15) is 5.56 Å². The average Bonchev–Trinajstić information content (AvgIpc) is 2.70. The largest absolute Gasteiger partial charge is 0.489 e. The number of ether oxygens (including phenoxy) is 1. The second-order valence-corrected chi connectivity index (χ2v) is 6.17. The summed E-state index contributed by atoms with van der Waals surface area (Å²) in [5.41, 5.74) is 6.63. The van der Waals surface area contributed by atoms with Crippen LogP contribution in [0.4, 0.5) is 0 Å². The summed E-state index contributed by atoms with van der Waals surface area (Å²) in [5.74, 6) is 1.14. The highest BCUT2D eigenvalue weighted by Gasteiger charge is 2.23. The van der Waals surface area contributed by atoms with Gasteiger partial charge in [-0.25, -0.2) is 0 Å². The van der Waals surface area contributed by atoms with Crippen molar-refractivity contribution in [1.82, 2.24) is 0 Å². The summed E-state index contributed by atoms with van der Waals surface area (Å²) in [5, 5.41) is 8.67. The minimum absolute atomic E-state index is 0.111. The molecule has 4 nitrogen and oxygen atoms in total. The molecule has 0 spiro atoms. The van der Waals surface area contributed by atoms with E-state index in [9.17, 15) is 4.79 Å². The zero-order chi connectivity index (χ0) is 13.1. The number of halogens is 1. The van der Waals surface area contributed by atoms with E-state index in [0.29, 0.717) is 5.75 Å². The fourth-order valence-corrected chi connectivity index (χ4v) is 3.17. The first-order chi connectivity index (χ1) is 8.56. The Labute approximate surface area is 118 Å². The van der Waals surface area contributed by atoms with Gasteiger partial charge in [0, 0.05) is 22.4 Å². The highest BCUT2D eigenvalue weighted by molar-refractivity contribution is 9.10. The summed E-state index contributed by atoms with van der Waals surface area (Å²) in [4.78, 5) is 10.6. The van der Waals surface area contributed by atoms with Gasteiger partial charge < -0.3 is 15.6 Å². The maximum atomic E-state index is 10.6. The molecule has 0 aliphatic carbocycles. The van der Waals surface area contributed by atoms with Crippen LogP contribution in [-0.4, -0.2) is 34.7 Å². The van der Waals surface area contributed by atoms with E-state index in [1.54, 1.807) is 0 Å². The first kappa shape index (κ1) is 13.7. The molecule has 1 heterocycles. The molecule has 1 aliphatic rings. The Balaban J connectivity index is 1.80. The van der Waals surface area contributed by atoms with Crippen LogP contribution in [0, 0.1) is 0 Å². The number of fused-ring (bicyclic) bond motifs is 1. The normalized spacial score (nSPS) is 19.1. The van der Waals surface area contributed by atoms with Crippen LogP contribution in [0.3, 0.4) is 0 Å². The quantitative estimate of drug-likeness (QED) is 0.862. The van der Waals surface area contributed by atoms with Crippen LogP contribution in [0.25, 0.3) is 0 Å². The van der Waals surface area contributed by atoms with Gasteiger partial charge in [0.2, 0.25) is 0 Å². The number of nitrogens with two attached hydrogens (primary N) is 1. The van der Waals surface area contributed by atoms with Gasteiger partial charge in [-0.1, -0.05) is 15.9 Å². The van der Waals surface area contributed by atoms with Gasteiger partial charge in [-0.2, -0.15) is 11.8 Å². The molecule has 2 rings (SSSR count). The second kappa shape index (κ2) is 5.95. The van der Waals surface area contributed by atoms with Crippen LogP contribution in [0.2, 0.25) is 0 Å². The van der Waals surface area contributed by atoms with Gasteiger partial charge in [0.15, 0.2) is 0 Å². The van der Waals surface area contributed by atoms with Crippen LogP contribution in [0.15, 0.2) is 22.7 Å². The SMILES string of the molecule is N[C@H](CSCC1Cc2cc(Br)ccc2O1)C(=O)O. The summed E-state index contributed by atoms with van der Waals surface area (Å²) in [7, 11) is 0. The van der Waals surface area contributed by atoms with Crippen LogP contribution in [-0.2, 0) is 11.2 Å². The van der Waals surface area contributed by atoms with Crippen molar-refractivity contribution >= 4 is 33.7 Å². The van der Waals surface area contributed by atoms with Crippen molar-refractivity contribution in [3.05, 3.63) is 28.2 Å². The van der Waals surface area contributed by atoms with Gasteiger partial charge >= 0.3 is 5.97 Å². The Bertz CT molecular complexity index is 455. The lowest BCUT2D eigenvalue weighted by atomic mass is 10.1. The summed E-state index contributed by atoms with van der Waals surface area (Å²) < 4.78 is 6.82. The Morgan fingerprint density at radius 3 is 3.17 bits per heavy atom. The summed E-state index contributed by atoms with van der Waals surface area (Å²) in [6.45, 7) is 0. The lowest BCUT2D eigenvalue weighted by molar-refractivity contribution is -0.137. The van der Waals surface area contributed by atoms with Gasteiger partial charge in [-0.3, -0.25) is 4.79 Å². The van der Waals surface area contributed by atoms with Gasteiger partial charge in [0.25, 0.3) is 0 Å². The van der Waals surface area contributed by atoms with E-state index < -0.39 is 12.0 Å². The minimum atomic E-state index is -0.956. The van der Waals surface area contributed by atoms with Crippen molar-refractivity contribution < 1.29 is 14.6 Å². The summed E-state index contributed by atoms with van der Waals surface area (Å²) >= 11 is 4.95. The predicted octanol–water partition coefficient (Wildman–Crippen LogP) is 1.90. The fraction of sp³-hybridized carbons (Fsp3) is 0.417. The first-order valence-electron chi connectivity index (χ1n) is 5.57. The van der Waals surface area contributed by atoms with Crippen molar-refractivity contribution in [1.29, 1.82) is 0 Å². The molecule has 1 unspecified atom stereocenters. The molecular formula is C12H14BrNO3S. The minimum Gasteiger partial charge on any atom is -0.489 e. The van der Waals surface area contributed by atoms with E-state index in [2.05, 4.69) is 22.0 Å². The van der Waals surface area contributed by atoms with Crippen LogP contribution >= 0.6 is 27.7 Å². The number of rotatable bonds is 5. The lowest BCUT2D eigenvalue weighted by Gasteiger charge is -2.11. The number of aliphatic carboxylic acids is 1. The Hall–Kier alpha value is -0.720. The van der Waals surface area contributed by atoms with Crippen molar-refractivity contribution in [2.24, 2.45) is 5.73 Å². The zero-order valence-corrected chi connectivity index (χ0v) is 12.0. The zero-order valence-electron chi connectivity index (χ0n) is 9.64. The van der Waals surface area contributed by atoms with Gasteiger partial charge in [0.1, 0.15) is 17.9 Å². The van der Waals surface area contributed by atoms with Crippen molar-refractivity contribution in [3.63, 3.8) is 0 Å². The Kier molecular flexibility index (Phi) is 4.53. The summed E-state index contributed by atoms with van der Waals surface area (Å²) in [6, 6.07) is 5.16. The maximum absolute atomic E-state index is 10.6. The number of thioether (sulfide) groups is 1. The molecule has 0 amide bonds. The van der Waals surface area contributed by atoms with Gasteiger partial charge in [0.05, 0.1) is 0 Å². The van der Waals surface area contributed by atoms with Gasteiger partial charge in [-0.15, -0.1) is 0 Å².